The Balaban J connectivity index is 1.94. The standard InChI is InChI=1S/C23H36N4O4/c1-7-31-23(29)21(13-16(2)3)26(5)22(28)10-8-9-18(30-6)15-27-17(4)25-19-14-24-12-11-20(19)27/h11-12,14,16,18,21H,7-10,13,15H2,1-6H3/t18?,21-/m0/s1. The molecule has 0 aliphatic carbocycles. The van der Waals surface area contributed by atoms with Crippen LogP contribution in [0, 0.1) is 12.8 Å². The minimum absolute atomic E-state index is 0.0427. The van der Waals surface area contributed by atoms with Crippen molar-refractivity contribution < 1.29 is 19.1 Å². The highest BCUT2D eigenvalue weighted by molar-refractivity contribution is 5.84. The fourth-order valence-corrected chi connectivity index (χ4v) is 3.75. The molecule has 0 spiro atoms. The third kappa shape index (κ3) is 6.75. The van der Waals surface area contributed by atoms with Gasteiger partial charge in [0.25, 0.3) is 0 Å². The lowest BCUT2D eigenvalue weighted by atomic mass is 10.0. The van der Waals surface area contributed by atoms with E-state index < -0.39 is 6.04 Å². The summed E-state index contributed by atoms with van der Waals surface area (Å²) in [7, 11) is 3.38. The maximum Gasteiger partial charge on any atom is 0.328 e. The van der Waals surface area contributed by atoms with Crippen LogP contribution in [0.1, 0.15) is 52.3 Å². The van der Waals surface area contributed by atoms with Gasteiger partial charge >= 0.3 is 5.97 Å². The molecule has 172 valence electrons. The van der Waals surface area contributed by atoms with E-state index in [1.54, 1.807) is 38.4 Å². The molecule has 0 aliphatic rings. The van der Waals surface area contributed by atoms with E-state index in [4.69, 9.17) is 9.47 Å². The summed E-state index contributed by atoms with van der Waals surface area (Å²) in [4.78, 5) is 35.3. The number of pyridine rings is 1. The molecule has 0 aromatic carbocycles. The van der Waals surface area contributed by atoms with Gasteiger partial charge in [-0.1, -0.05) is 13.8 Å². The molecule has 0 fully saturated rings. The van der Waals surface area contributed by atoms with Gasteiger partial charge in [0, 0.05) is 26.8 Å². The molecule has 0 bridgehead atoms. The molecule has 2 rings (SSSR count). The number of esters is 1. The lowest BCUT2D eigenvalue weighted by Crippen LogP contribution is -2.44. The second-order valence-electron chi connectivity index (χ2n) is 8.29. The van der Waals surface area contributed by atoms with Gasteiger partial charge in [0.15, 0.2) is 0 Å². The Morgan fingerprint density at radius 1 is 1.29 bits per heavy atom. The predicted octanol–water partition coefficient (Wildman–Crippen LogP) is 3.36. The molecule has 1 amide bonds. The van der Waals surface area contributed by atoms with Crippen molar-refractivity contribution in [2.45, 2.75) is 72.1 Å². The number of aryl methyl sites for hydroxylation is 1. The Morgan fingerprint density at radius 3 is 2.68 bits per heavy atom. The number of ether oxygens (including phenoxy) is 2. The van der Waals surface area contributed by atoms with Crippen molar-refractivity contribution in [2.75, 3.05) is 20.8 Å². The first-order valence-electron chi connectivity index (χ1n) is 11.0. The number of carbonyl (C=O) groups is 2. The molecule has 0 aliphatic heterocycles. The summed E-state index contributed by atoms with van der Waals surface area (Å²) < 4.78 is 13.0. The van der Waals surface area contributed by atoms with Crippen LogP contribution < -0.4 is 0 Å². The molecular weight excluding hydrogens is 396 g/mol. The number of imidazole rings is 1. The minimum Gasteiger partial charge on any atom is -0.464 e. The van der Waals surface area contributed by atoms with Crippen LogP contribution >= 0.6 is 0 Å². The highest BCUT2D eigenvalue weighted by atomic mass is 16.5. The van der Waals surface area contributed by atoms with Gasteiger partial charge in [0.05, 0.1) is 31.0 Å². The Bertz CT molecular complexity index is 864. The highest BCUT2D eigenvalue weighted by Crippen LogP contribution is 2.18. The average Bonchev–Trinajstić information content (AvgIpc) is 3.05. The third-order valence-corrected chi connectivity index (χ3v) is 5.49. The summed E-state index contributed by atoms with van der Waals surface area (Å²) in [6, 6.07) is 1.41. The van der Waals surface area contributed by atoms with Gasteiger partial charge in [-0.15, -0.1) is 0 Å². The largest absolute Gasteiger partial charge is 0.464 e. The molecular formula is C23H36N4O4. The van der Waals surface area contributed by atoms with Crippen LogP contribution in [0.2, 0.25) is 0 Å². The van der Waals surface area contributed by atoms with Gasteiger partial charge in [-0.25, -0.2) is 9.78 Å². The van der Waals surface area contributed by atoms with Crippen LogP contribution in [0.3, 0.4) is 0 Å². The molecule has 0 saturated carbocycles. The number of likely N-dealkylation sites (N-methyl/N-ethyl adjacent to an activating group) is 1. The van der Waals surface area contributed by atoms with Crippen LogP contribution in [-0.2, 0) is 25.6 Å². The molecule has 2 atom stereocenters. The van der Waals surface area contributed by atoms with Gasteiger partial charge in [-0.3, -0.25) is 9.78 Å². The Morgan fingerprint density at radius 2 is 2.03 bits per heavy atom. The normalized spacial score (nSPS) is 13.4. The summed E-state index contributed by atoms with van der Waals surface area (Å²) in [5.74, 6) is 0.806. The van der Waals surface area contributed by atoms with Crippen LogP contribution in [0.15, 0.2) is 18.5 Å². The Hall–Kier alpha value is -2.48. The van der Waals surface area contributed by atoms with E-state index in [1.165, 1.54) is 0 Å². The maximum absolute atomic E-state index is 12.7. The first kappa shape index (κ1) is 24.8. The fraction of sp³-hybridized carbons (Fsp3) is 0.652. The van der Waals surface area contributed by atoms with E-state index in [0.29, 0.717) is 32.4 Å². The van der Waals surface area contributed by atoms with Crippen LogP contribution in [0.25, 0.3) is 11.0 Å². The van der Waals surface area contributed by atoms with E-state index in [0.717, 1.165) is 23.3 Å². The van der Waals surface area contributed by atoms with E-state index >= 15 is 0 Å². The Kier molecular flexibility index (Phi) is 9.43. The van der Waals surface area contributed by atoms with E-state index in [1.807, 2.05) is 26.8 Å². The number of fused-ring (bicyclic) bond motifs is 1. The number of methoxy groups -OCH3 is 1. The van der Waals surface area contributed by atoms with Gasteiger partial charge in [0.2, 0.25) is 5.91 Å². The number of aromatic nitrogens is 3. The van der Waals surface area contributed by atoms with E-state index in [-0.39, 0.29) is 23.9 Å². The van der Waals surface area contributed by atoms with Crippen molar-refractivity contribution in [1.82, 2.24) is 19.4 Å². The van der Waals surface area contributed by atoms with Crippen LogP contribution in [0.4, 0.5) is 0 Å². The van der Waals surface area contributed by atoms with Gasteiger partial charge in [-0.2, -0.15) is 0 Å². The first-order valence-corrected chi connectivity index (χ1v) is 11.0. The number of carbonyl (C=O) groups excluding carboxylic acids is 2. The lowest BCUT2D eigenvalue weighted by Gasteiger charge is -2.28. The topological polar surface area (TPSA) is 86.6 Å². The predicted molar refractivity (Wildman–Crippen MR) is 120 cm³/mol. The number of amides is 1. The quantitative estimate of drug-likeness (QED) is 0.478. The molecule has 31 heavy (non-hydrogen) atoms. The number of hydrogen-bond acceptors (Lipinski definition) is 6. The van der Waals surface area contributed by atoms with E-state index in [2.05, 4.69) is 14.5 Å². The van der Waals surface area contributed by atoms with Crippen LogP contribution in [0.5, 0.6) is 0 Å². The van der Waals surface area contributed by atoms with Gasteiger partial charge < -0.3 is 18.9 Å². The SMILES string of the molecule is CCOC(=O)[C@H](CC(C)C)N(C)C(=O)CCCC(Cn1c(C)nc2cnccc21)OC. The van der Waals surface area contributed by atoms with Crippen molar-refractivity contribution in [3.63, 3.8) is 0 Å². The van der Waals surface area contributed by atoms with Crippen molar-refractivity contribution in [2.24, 2.45) is 5.92 Å². The van der Waals surface area contributed by atoms with Gasteiger partial charge in [-0.05, 0) is 45.1 Å². The highest BCUT2D eigenvalue weighted by Gasteiger charge is 2.28. The summed E-state index contributed by atoms with van der Waals surface area (Å²) >= 11 is 0. The summed E-state index contributed by atoms with van der Waals surface area (Å²) in [6.07, 6.45) is 5.82. The number of hydrogen-bond donors (Lipinski definition) is 0. The third-order valence-electron chi connectivity index (χ3n) is 5.49. The lowest BCUT2D eigenvalue weighted by molar-refractivity contribution is -0.154. The maximum atomic E-state index is 12.7. The summed E-state index contributed by atoms with van der Waals surface area (Å²) in [5, 5.41) is 0. The van der Waals surface area contributed by atoms with Crippen LogP contribution in [-0.4, -0.2) is 64.2 Å². The average molecular weight is 433 g/mol. The zero-order chi connectivity index (χ0) is 23.0. The number of rotatable bonds is 12. The van der Waals surface area contributed by atoms with Crippen molar-refractivity contribution in [1.29, 1.82) is 0 Å². The van der Waals surface area contributed by atoms with Gasteiger partial charge in [0.1, 0.15) is 17.4 Å². The molecule has 2 aromatic heterocycles. The molecule has 0 radical (unpaired) electrons. The Labute approximate surface area is 184 Å². The first-order chi connectivity index (χ1) is 14.8. The molecule has 1 unspecified atom stereocenters. The second-order valence-corrected chi connectivity index (χ2v) is 8.29. The molecule has 8 heteroatoms. The molecule has 2 aromatic rings. The fourth-order valence-electron chi connectivity index (χ4n) is 3.75. The monoisotopic (exact) mass is 432 g/mol. The zero-order valence-electron chi connectivity index (χ0n) is 19.6. The summed E-state index contributed by atoms with van der Waals surface area (Å²) in [5.41, 5.74) is 1.89. The molecule has 2 heterocycles. The second kappa shape index (κ2) is 11.8. The smallest absolute Gasteiger partial charge is 0.328 e. The summed E-state index contributed by atoms with van der Waals surface area (Å²) in [6.45, 7) is 8.78. The van der Waals surface area contributed by atoms with Crippen molar-refractivity contribution >= 4 is 22.9 Å². The molecule has 0 saturated heterocycles. The zero-order valence-corrected chi connectivity index (χ0v) is 19.6. The van der Waals surface area contributed by atoms with Crippen molar-refractivity contribution in [3.8, 4) is 0 Å². The van der Waals surface area contributed by atoms with Crippen molar-refractivity contribution in [3.05, 3.63) is 24.3 Å². The molecule has 8 nitrogen and oxygen atoms in total. The number of nitrogens with zero attached hydrogens (tertiary/aromatic N) is 4. The molecule has 0 N–H and O–H groups in total. The minimum atomic E-state index is -0.542. The van der Waals surface area contributed by atoms with E-state index in [9.17, 15) is 9.59 Å².